The molecule has 1 atom stereocenters. The minimum Gasteiger partial charge on any atom is -0.378 e. The zero-order chi connectivity index (χ0) is 15.5. The molecular weight excluding hydrogens is 272 g/mol. The first-order chi connectivity index (χ1) is 10.6. The van der Waals surface area contributed by atoms with Crippen molar-refractivity contribution in [1.82, 2.24) is 10.2 Å². The number of allylic oxidation sites excluding steroid dienone is 1. The molecule has 3 heteroatoms. The molecule has 0 bridgehead atoms. The molecule has 0 heterocycles. The quantitative estimate of drug-likeness (QED) is 0.721. The maximum absolute atomic E-state index is 13.1. The van der Waals surface area contributed by atoms with Gasteiger partial charge in [-0.1, -0.05) is 45.1 Å². The van der Waals surface area contributed by atoms with E-state index in [-0.39, 0.29) is 6.04 Å². The van der Waals surface area contributed by atoms with Gasteiger partial charge in [-0.2, -0.15) is 0 Å². The topological polar surface area (TPSA) is 32.3 Å². The molecule has 3 aliphatic carbocycles. The molecule has 3 nitrogen and oxygen atoms in total. The van der Waals surface area contributed by atoms with Crippen molar-refractivity contribution < 1.29 is 4.79 Å². The number of hydrogen-bond donors (Lipinski definition) is 1. The van der Waals surface area contributed by atoms with Gasteiger partial charge in [0.05, 0.1) is 0 Å². The van der Waals surface area contributed by atoms with E-state index in [1.54, 1.807) is 0 Å². The Kier molecular flexibility index (Phi) is 5.10. The van der Waals surface area contributed by atoms with Crippen LogP contribution in [0.15, 0.2) is 12.3 Å². The molecule has 3 aliphatic rings. The maximum atomic E-state index is 13.1. The summed E-state index contributed by atoms with van der Waals surface area (Å²) in [6.45, 7) is 5.97. The number of carbonyl (C=O) groups excluding carboxylic acids is 1. The van der Waals surface area contributed by atoms with Gasteiger partial charge >= 0.3 is 0 Å². The molecule has 3 fully saturated rings. The summed E-state index contributed by atoms with van der Waals surface area (Å²) in [6.07, 6.45) is 13.9. The molecule has 1 N–H and O–H groups in total. The second-order valence-corrected chi connectivity index (χ2v) is 7.78. The molecule has 0 aliphatic heterocycles. The minimum absolute atomic E-state index is 0.0400. The molecule has 3 rings (SSSR count). The van der Waals surface area contributed by atoms with E-state index in [1.165, 1.54) is 64.2 Å². The van der Waals surface area contributed by atoms with Crippen LogP contribution in [0.3, 0.4) is 0 Å². The van der Waals surface area contributed by atoms with Gasteiger partial charge in [-0.05, 0) is 44.9 Å². The van der Waals surface area contributed by atoms with Crippen LogP contribution in [0.2, 0.25) is 0 Å². The Morgan fingerprint density at radius 1 is 1.05 bits per heavy atom. The lowest BCUT2D eigenvalue weighted by molar-refractivity contribution is -0.135. The Morgan fingerprint density at radius 3 is 2.05 bits per heavy atom. The van der Waals surface area contributed by atoms with Crippen molar-refractivity contribution >= 4 is 5.91 Å². The van der Waals surface area contributed by atoms with Crippen molar-refractivity contribution in [2.24, 2.45) is 5.92 Å². The summed E-state index contributed by atoms with van der Waals surface area (Å²) in [5.41, 5.74) is 0.929. The Balaban J connectivity index is 1.64. The number of nitrogens with zero attached hydrogens (tertiary/aromatic N) is 1. The van der Waals surface area contributed by atoms with Gasteiger partial charge in [-0.3, -0.25) is 4.79 Å². The van der Waals surface area contributed by atoms with Crippen LogP contribution in [0.4, 0.5) is 0 Å². The Labute approximate surface area is 135 Å². The van der Waals surface area contributed by atoms with Crippen molar-refractivity contribution in [2.45, 2.75) is 95.7 Å². The van der Waals surface area contributed by atoms with Gasteiger partial charge in [0.2, 0.25) is 5.91 Å². The van der Waals surface area contributed by atoms with Crippen molar-refractivity contribution in [1.29, 1.82) is 0 Å². The number of rotatable bonds is 7. The average molecular weight is 304 g/mol. The molecule has 0 aromatic carbocycles. The van der Waals surface area contributed by atoms with Crippen LogP contribution in [0.5, 0.6) is 0 Å². The first-order valence-electron chi connectivity index (χ1n) is 9.39. The normalized spacial score (nSPS) is 24.4. The van der Waals surface area contributed by atoms with Crippen LogP contribution in [-0.4, -0.2) is 28.9 Å². The zero-order valence-electron chi connectivity index (χ0n) is 14.2. The van der Waals surface area contributed by atoms with E-state index in [0.29, 0.717) is 23.9 Å². The van der Waals surface area contributed by atoms with Crippen LogP contribution in [0.25, 0.3) is 0 Å². The van der Waals surface area contributed by atoms with Crippen molar-refractivity contribution in [3.8, 4) is 0 Å². The third kappa shape index (κ3) is 4.27. The molecule has 22 heavy (non-hydrogen) atoms. The zero-order valence-corrected chi connectivity index (χ0v) is 14.2. The summed E-state index contributed by atoms with van der Waals surface area (Å²) in [5.74, 6) is 1.07. The molecule has 1 amide bonds. The predicted octanol–water partition coefficient (Wildman–Crippen LogP) is 3.99. The molecular formula is C19H32N2O. The fourth-order valence-electron chi connectivity index (χ4n) is 4.00. The highest BCUT2D eigenvalue weighted by Crippen LogP contribution is 2.38. The van der Waals surface area contributed by atoms with Crippen LogP contribution >= 0.6 is 0 Å². The van der Waals surface area contributed by atoms with Gasteiger partial charge in [0.15, 0.2) is 0 Å². The van der Waals surface area contributed by atoms with Gasteiger partial charge in [0, 0.05) is 17.8 Å². The third-order valence-electron chi connectivity index (χ3n) is 5.40. The van der Waals surface area contributed by atoms with Gasteiger partial charge in [-0.25, -0.2) is 0 Å². The highest BCUT2D eigenvalue weighted by molar-refractivity contribution is 5.83. The predicted molar refractivity (Wildman–Crippen MR) is 90.4 cm³/mol. The third-order valence-corrected chi connectivity index (χ3v) is 5.40. The van der Waals surface area contributed by atoms with E-state index in [4.69, 9.17) is 0 Å². The largest absolute Gasteiger partial charge is 0.378 e. The number of hydrogen-bond acceptors (Lipinski definition) is 2. The van der Waals surface area contributed by atoms with Crippen LogP contribution in [-0.2, 0) is 4.79 Å². The van der Waals surface area contributed by atoms with Crippen molar-refractivity contribution in [3.05, 3.63) is 12.3 Å². The lowest BCUT2D eigenvalue weighted by Gasteiger charge is -2.30. The minimum atomic E-state index is -0.0400. The summed E-state index contributed by atoms with van der Waals surface area (Å²) in [6, 6.07) is 1.05. The van der Waals surface area contributed by atoms with E-state index in [9.17, 15) is 4.79 Å². The highest BCUT2D eigenvalue weighted by Gasteiger charge is 2.44. The first-order valence-corrected chi connectivity index (χ1v) is 9.39. The average Bonchev–Trinajstić information content (AvgIpc) is 3.33. The Hall–Kier alpha value is -0.990. The number of amides is 1. The second kappa shape index (κ2) is 7.06. The fourth-order valence-corrected chi connectivity index (χ4v) is 4.00. The Morgan fingerprint density at radius 2 is 1.59 bits per heavy atom. The SMILES string of the molecule is C=C(C)NC(CC1CCCCCC1)C(=O)N(C1CC1)C1CC1. The van der Waals surface area contributed by atoms with Crippen LogP contribution in [0.1, 0.15) is 77.6 Å². The molecule has 0 saturated heterocycles. The molecule has 0 radical (unpaired) electrons. The maximum Gasteiger partial charge on any atom is 0.245 e. The molecule has 0 aromatic heterocycles. The Bertz CT molecular complexity index is 392. The van der Waals surface area contributed by atoms with Crippen LogP contribution in [0, 0.1) is 5.92 Å². The molecule has 0 spiro atoms. The summed E-state index contributed by atoms with van der Waals surface area (Å²) in [7, 11) is 0. The summed E-state index contributed by atoms with van der Waals surface area (Å²) in [4.78, 5) is 15.4. The van der Waals surface area contributed by atoms with Crippen molar-refractivity contribution in [3.63, 3.8) is 0 Å². The van der Waals surface area contributed by atoms with Crippen LogP contribution < -0.4 is 5.32 Å². The highest BCUT2D eigenvalue weighted by atomic mass is 16.2. The van der Waals surface area contributed by atoms with Crippen molar-refractivity contribution in [2.75, 3.05) is 0 Å². The summed E-state index contributed by atoms with van der Waals surface area (Å²) < 4.78 is 0. The lowest BCUT2D eigenvalue weighted by atomic mass is 9.91. The van der Waals surface area contributed by atoms with E-state index in [1.807, 2.05) is 6.92 Å². The first kappa shape index (κ1) is 15.9. The van der Waals surface area contributed by atoms with E-state index in [0.717, 1.165) is 12.1 Å². The van der Waals surface area contributed by atoms with Gasteiger partial charge < -0.3 is 10.2 Å². The molecule has 3 saturated carbocycles. The second-order valence-electron chi connectivity index (χ2n) is 7.78. The number of nitrogens with one attached hydrogen (secondary N) is 1. The standard InChI is InChI=1S/C19H32N2O/c1-14(2)20-18(13-15-7-5-3-4-6-8-15)19(22)21(16-9-10-16)17-11-12-17/h15-18,20H,1,3-13H2,2H3. The monoisotopic (exact) mass is 304 g/mol. The smallest absolute Gasteiger partial charge is 0.245 e. The van der Waals surface area contributed by atoms with Gasteiger partial charge in [0.25, 0.3) is 0 Å². The van der Waals surface area contributed by atoms with E-state index in [2.05, 4.69) is 16.8 Å². The van der Waals surface area contributed by atoms with E-state index < -0.39 is 0 Å². The van der Waals surface area contributed by atoms with Gasteiger partial charge in [-0.15, -0.1) is 0 Å². The molecule has 124 valence electrons. The summed E-state index contributed by atoms with van der Waals surface area (Å²) in [5, 5.41) is 3.41. The fraction of sp³-hybridized carbons (Fsp3) is 0.842. The molecule has 0 aromatic rings. The summed E-state index contributed by atoms with van der Waals surface area (Å²) >= 11 is 0. The van der Waals surface area contributed by atoms with Gasteiger partial charge in [0.1, 0.15) is 6.04 Å². The lowest BCUT2D eigenvalue weighted by Crippen LogP contribution is -2.48. The van der Waals surface area contributed by atoms with E-state index >= 15 is 0 Å². The number of carbonyl (C=O) groups is 1. The molecule has 1 unspecified atom stereocenters.